The van der Waals surface area contributed by atoms with Crippen molar-refractivity contribution in [3.05, 3.63) is 30.2 Å². The van der Waals surface area contributed by atoms with E-state index in [4.69, 9.17) is 14.2 Å². The molecule has 1 unspecified atom stereocenters. The van der Waals surface area contributed by atoms with Crippen LogP contribution in [0.5, 0.6) is 5.88 Å². The van der Waals surface area contributed by atoms with Crippen molar-refractivity contribution in [2.75, 3.05) is 25.1 Å². The second-order valence-corrected chi connectivity index (χ2v) is 10.2. The number of carbonyl (C=O) groups is 1. The molecule has 1 aliphatic heterocycles. The molecule has 3 atom stereocenters. The predicted octanol–water partition coefficient (Wildman–Crippen LogP) is 3.53. The van der Waals surface area contributed by atoms with Crippen molar-refractivity contribution in [3.63, 3.8) is 0 Å². The number of rotatable bonds is 8. The zero-order chi connectivity index (χ0) is 23.8. The Morgan fingerprint density at radius 3 is 3.06 bits per heavy atom. The van der Waals surface area contributed by atoms with Crippen LogP contribution >= 0.6 is 0 Å². The maximum absolute atomic E-state index is 12.1. The lowest BCUT2D eigenvalue weighted by Crippen LogP contribution is -2.36. The highest BCUT2D eigenvalue weighted by atomic mass is 16.6. The molecule has 3 aliphatic rings. The first-order valence-corrected chi connectivity index (χ1v) is 12.4. The van der Waals surface area contributed by atoms with Gasteiger partial charge in [0.05, 0.1) is 13.2 Å². The molecule has 3 fully saturated rings. The molecule has 11 heteroatoms. The van der Waals surface area contributed by atoms with Crippen LogP contribution in [0.1, 0.15) is 57.1 Å². The quantitative estimate of drug-likeness (QED) is 0.446. The van der Waals surface area contributed by atoms with Gasteiger partial charge in [-0.15, -0.1) is 5.10 Å². The summed E-state index contributed by atoms with van der Waals surface area (Å²) in [5.41, 5.74) is 1.76. The van der Waals surface area contributed by atoms with E-state index in [0.29, 0.717) is 30.0 Å². The summed E-state index contributed by atoms with van der Waals surface area (Å²) in [5, 5.41) is 18.3. The number of hydrogen-bond donors (Lipinski definition) is 3. The molecule has 2 saturated carbocycles. The minimum absolute atomic E-state index is 0.0662. The molecule has 1 amide bonds. The highest BCUT2D eigenvalue weighted by molar-refractivity contribution is 5.73. The van der Waals surface area contributed by atoms with E-state index in [1.165, 1.54) is 0 Å². The molecule has 0 aromatic carbocycles. The summed E-state index contributed by atoms with van der Waals surface area (Å²) in [6.45, 7) is 4.18. The number of nitrogens with one attached hydrogen (secondary N) is 3. The molecule has 0 spiro atoms. The van der Waals surface area contributed by atoms with Crippen molar-refractivity contribution in [2.45, 2.75) is 63.0 Å². The van der Waals surface area contributed by atoms with Crippen molar-refractivity contribution in [1.82, 2.24) is 30.1 Å². The second kappa shape index (κ2) is 9.03. The highest BCUT2D eigenvalue weighted by Crippen LogP contribution is 2.37. The molecular weight excluding hydrogens is 450 g/mol. The first-order valence-electron chi connectivity index (χ1n) is 12.4. The predicted molar refractivity (Wildman–Crippen MR) is 127 cm³/mol. The summed E-state index contributed by atoms with van der Waals surface area (Å²) in [6, 6.07) is 3.88. The van der Waals surface area contributed by atoms with Gasteiger partial charge in [-0.1, -0.05) is 0 Å². The minimum Gasteiger partial charge on any atom is -0.476 e. The van der Waals surface area contributed by atoms with Crippen LogP contribution in [0.4, 0.5) is 16.4 Å². The average molecular weight is 482 g/mol. The molecule has 4 heterocycles. The lowest BCUT2D eigenvalue weighted by Gasteiger charge is -2.16. The topological polar surface area (TPSA) is 128 Å². The van der Waals surface area contributed by atoms with Gasteiger partial charge >= 0.3 is 6.09 Å². The normalized spacial score (nSPS) is 25.0. The van der Waals surface area contributed by atoms with Crippen molar-refractivity contribution >= 4 is 23.2 Å². The second-order valence-electron chi connectivity index (χ2n) is 10.2. The highest BCUT2D eigenvalue weighted by Gasteiger charge is 2.40. The number of amides is 1. The summed E-state index contributed by atoms with van der Waals surface area (Å²) in [7, 11) is 0. The Kier molecular flexibility index (Phi) is 5.71. The Labute approximate surface area is 202 Å². The molecule has 0 bridgehead atoms. The number of anilines is 2. The molecule has 1 saturated heterocycles. The van der Waals surface area contributed by atoms with Gasteiger partial charge in [-0.2, -0.15) is 5.10 Å². The van der Waals surface area contributed by atoms with Gasteiger partial charge in [-0.05, 0) is 45.4 Å². The number of nitrogens with zero attached hydrogens (tertiary/aromatic N) is 4. The third-order valence-corrected chi connectivity index (χ3v) is 7.20. The maximum atomic E-state index is 12.1. The van der Waals surface area contributed by atoms with Gasteiger partial charge in [0.1, 0.15) is 11.6 Å². The fraction of sp³-hybridized carbons (Fsp3) is 0.583. The molecule has 0 radical (unpaired) electrons. The summed E-state index contributed by atoms with van der Waals surface area (Å²) < 4.78 is 18.7. The largest absolute Gasteiger partial charge is 0.476 e. The smallest absolute Gasteiger partial charge is 0.407 e. The summed E-state index contributed by atoms with van der Waals surface area (Å²) in [5.74, 6) is 2.57. The zero-order valence-corrected chi connectivity index (χ0v) is 19.8. The van der Waals surface area contributed by atoms with Gasteiger partial charge in [-0.25, -0.2) is 14.3 Å². The fourth-order valence-electron chi connectivity index (χ4n) is 4.78. The van der Waals surface area contributed by atoms with E-state index in [1.54, 1.807) is 16.9 Å². The van der Waals surface area contributed by atoms with Gasteiger partial charge in [0.2, 0.25) is 5.88 Å². The van der Waals surface area contributed by atoms with Crippen LogP contribution in [0.15, 0.2) is 24.5 Å². The third-order valence-electron chi connectivity index (χ3n) is 7.20. The molecule has 3 N–H and O–H groups in total. The van der Waals surface area contributed by atoms with Gasteiger partial charge in [0.25, 0.3) is 0 Å². The molecule has 35 heavy (non-hydrogen) atoms. The molecular formula is C24H31N7O4. The van der Waals surface area contributed by atoms with Crippen LogP contribution in [0.3, 0.4) is 0 Å². The molecule has 3 aromatic heterocycles. The lowest BCUT2D eigenvalue weighted by atomic mass is 10.0. The van der Waals surface area contributed by atoms with Crippen LogP contribution in [-0.4, -0.2) is 62.4 Å². The Morgan fingerprint density at radius 1 is 1.31 bits per heavy atom. The average Bonchev–Trinajstić information content (AvgIpc) is 3.41. The fourth-order valence-corrected chi connectivity index (χ4v) is 4.78. The summed E-state index contributed by atoms with van der Waals surface area (Å²) in [6.07, 6.45) is 8.75. The molecule has 6 rings (SSSR count). The van der Waals surface area contributed by atoms with E-state index in [-0.39, 0.29) is 23.7 Å². The van der Waals surface area contributed by atoms with Crippen molar-refractivity contribution in [3.8, 4) is 5.88 Å². The number of ether oxygens (including phenoxy) is 3. The van der Waals surface area contributed by atoms with Crippen LogP contribution in [0.2, 0.25) is 0 Å². The first-order chi connectivity index (χ1) is 17.0. The standard InChI is InChI=1S/C24H31N7O4/c1-24(5-6-24)27-23(32)35-17-3-2-16(10-17)18-11-20(29-28-18)26-22-19-12-21(30-31(19)8-7-25-22)34-14-15-4-9-33-13-15/h7-8,11-12,15-17H,2-6,9-10,13-14H2,1H3,(H,27,32)(H2,25,26,28,29)/t15?,16-,17+/m0/s1. The maximum Gasteiger partial charge on any atom is 0.407 e. The number of fused-ring (bicyclic) bond motifs is 1. The number of alkyl carbamates (subject to hydrolysis) is 1. The summed E-state index contributed by atoms with van der Waals surface area (Å²) in [4.78, 5) is 16.6. The van der Waals surface area contributed by atoms with Crippen molar-refractivity contribution in [1.29, 1.82) is 0 Å². The van der Waals surface area contributed by atoms with Gasteiger partial charge in [0, 0.05) is 54.2 Å². The molecule has 2 aliphatic carbocycles. The van der Waals surface area contributed by atoms with E-state index in [9.17, 15) is 4.79 Å². The van der Waals surface area contributed by atoms with Crippen LogP contribution in [0.25, 0.3) is 5.52 Å². The molecule has 3 aromatic rings. The van der Waals surface area contributed by atoms with Crippen molar-refractivity contribution < 1.29 is 19.0 Å². The number of aromatic amines is 1. The third kappa shape index (κ3) is 5.04. The number of H-pyrrole nitrogens is 1. The van der Waals surface area contributed by atoms with Gasteiger partial charge in [0.15, 0.2) is 11.6 Å². The number of carbonyl (C=O) groups excluding carboxylic acids is 1. The lowest BCUT2D eigenvalue weighted by molar-refractivity contribution is 0.0967. The van der Waals surface area contributed by atoms with E-state index >= 15 is 0 Å². The number of aromatic nitrogens is 5. The monoisotopic (exact) mass is 481 g/mol. The first kappa shape index (κ1) is 22.1. The zero-order valence-electron chi connectivity index (χ0n) is 19.8. The van der Waals surface area contributed by atoms with Crippen LogP contribution in [0, 0.1) is 5.92 Å². The molecule has 186 valence electrons. The van der Waals surface area contributed by atoms with E-state index in [0.717, 1.165) is 62.9 Å². The SMILES string of the molecule is CC1(NC(=O)O[C@@H]2CC[C@H](c3cc(Nc4nccn5nc(OCC6CCOC6)cc45)n[nH]3)C2)CC1. The van der Waals surface area contributed by atoms with Gasteiger partial charge < -0.3 is 24.8 Å². The minimum atomic E-state index is -0.303. The Hall–Kier alpha value is -3.34. The Morgan fingerprint density at radius 2 is 2.23 bits per heavy atom. The van der Waals surface area contributed by atoms with E-state index in [1.807, 2.05) is 19.1 Å². The van der Waals surface area contributed by atoms with E-state index in [2.05, 4.69) is 30.9 Å². The van der Waals surface area contributed by atoms with Crippen LogP contribution in [-0.2, 0) is 9.47 Å². The van der Waals surface area contributed by atoms with E-state index < -0.39 is 0 Å². The van der Waals surface area contributed by atoms with Gasteiger partial charge in [-0.3, -0.25) is 5.10 Å². The summed E-state index contributed by atoms with van der Waals surface area (Å²) >= 11 is 0. The Balaban J connectivity index is 1.07. The van der Waals surface area contributed by atoms with Crippen LogP contribution < -0.4 is 15.4 Å². The van der Waals surface area contributed by atoms with Crippen molar-refractivity contribution in [2.24, 2.45) is 5.92 Å². The Bertz CT molecular complexity index is 1200. The number of hydrogen-bond acceptors (Lipinski definition) is 8. The molecule has 11 nitrogen and oxygen atoms in total.